The summed E-state index contributed by atoms with van der Waals surface area (Å²) in [7, 11) is -5.61. The average molecular weight is 577 g/mol. The van der Waals surface area contributed by atoms with Crippen molar-refractivity contribution in [3.05, 3.63) is 48.0 Å². The van der Waals surface area contributed by atoms with Crippen molar-refractivity contribution in [2.75, 3.05) is 46.7 Å². The van der Waals surface area contributed by atoms with E-state index in [-0.39, 0.29) is 27.4 Å². The van der Waals surface area contributed by atoms with E-state index in [4.69, 9.17) is 5.73 Å². The Morgan fingerprint density at radius 2 is 1.64 bits per heavy atom. The number of unbranched alkanes of at least 4 members (excludes halogenated alkanes) is 4. The highest BCUT2D eigenvalue weighted by molar-refractivity contribution is 7.92. The van der Waals surface area contributed by atoms with Crippen molar-refractivity contribution in [2.24, 2.45) is 17.6 Å². The number of hydrogen-bond acceptors (Lipinski definition) is 7. The SMILES string of the molecule is CCCCCCCS(=O)(=O)c1ccc(NC(=O)c2cc(N3C[C@@H]4[C@H](C3)C4(C)N)ccc2N(C)S(C)(=O)=O)cc1. The summed E-state index contributed by atoms with van der Waals surface area (Å²) in [6, 6.07) is 11.3. The van der Waals surface area contributed by atoms with Crippen LogP contribution in [0.2, 0.25) is 0 Å². The fraction of sp³-hybridized carbons (Fsp3) is 0.536. The number of sulfone groups is 1. The second kappa shape index (κ2) is 11.1. The van der Waals surface area contributed by atoms with Gasteiger partial charge in [0.15, 0.2) is 9.84 Å². The molecular formula is C28H40N4O5S2. The highest BCUT2D eigenvalue weighted by atomic mass is 32.2. The molecule has 2 aliphatic rings. The van der Waals surface area contributed by atoms with Crippen LogP contribution < -0.4 is 20.3 Å². The summed E-state index contributed by atoms with van der Waals surface area (Å²) < 4.78 is 51.1. The zero-order valence-electron chi connectivity index (χ0n) is 23.2. The van der Waals surface area contributed by atoms with Crippen LogP contribution in [0, 0.1) is 11.8 Å². The van der Waals surface area contributed by atoms with Gasteiger partial charge in [-0.3, -0.25) is 9.10 Å². The fourth-order valence-electron chi connectivity index (χ4n) is 5.44. The van der Waals surface area contributed by atoms with Crippen LogP contribution in [0.15, 0.2) is 47.4 Å². The molecule has 39 heavy (non-hydrogen) atoms. The van der Waals surface area contributed by atoms with Gasteiger partial charge < -0.3 is 16.0 Å². The van der Waals surface area contributed by atoms with Gasteiger partial charge in [0, 0.05) is 48.9 Å². The predicted octanol–water partition coefficient (Wildman–Crippen LogP) is 3.86. The van der Waals surface area contributed by atoms with Crippen LogP contribution in [-0.2, 0) is 19.9 Å². The molecule has 1 saturated carbocycles. The lowest BCUT2D eigenvalue weighted by molar-refractivity contribution is 0.102. The Labute approximate surface area is 232 Å². The highest BCUT2D eigenvalue weighted by Crippen LogP contribution is 2.54. The van der Waals surface area contributed by atoms with E-state index in [1.54, 1.807) is 24.3 Å². The van der Waals surface area contributed by atoms with E-state index in [9.17, 15) is 21.6 Å². The molecule has 1 aliphatic heterocycles. The van der Waals surface area contributed by atoms with Crippen molar-refractivity contribution in [1.29, 1.82) is 0 Å². The summed E-state index contributed by atoms with van der Waals surface area (Å²) >= 11 is 0. The topological polar surface area (TPSA) is 130 Å². The fourth-order valence-corrected chi connectivity index (χ4v) is 7.33. The molecule has 0 bridgehead atoms. The normalized spacial score (nSPS) is 22.4. The third-order valence-electron chi connectivity index (χ3n) is 8.22. The van der Waals surface area contributed by atoms with E-state index in [1.807, 2.05) is 6.07 Å². The van der Waals surface area contributed by atoms with E-state index in [2.05, 4.69) is 24.1 Å². The Morgan fingerprint density at radius 1 is 1.03 bits per heavy atom. The maximum absolute atomic E-state index is 13.4. The molecule has 4 rings (SSSR count). The lowest BCUT2D eigenvalue weighted by Crippen LogP contribution is -2.35. The first-order valence-electron chi connectivity index (χ1n) is 13.5. The van der Waals surface area contributed by atoms with Crippen molar-refractivity contribution in [1.82, 2.24) is 0 Å². The zero-order chi connectivity index (χ0) is 28.6. The van der Waals surface area contributed by atoms with Crippen molar-refractivity contribution in [3.63, 3.8) is 0 Å². The number of piperidine rings is 1. The number of nitrogens with two attached hydrogens (primary N) is 1. The van der Waals surface area contributed by atoms with Crippen molar-refractivity contribution in [2.45, 2.75) is 56.4 Å². The van der Waals surface area contributed by atoms with Crippen LogP contribution >= 0.6 is 0 Å². The van der Waals surface area contributed by atoms with E-state index in [1.165, 1.54) is 19.2 Å². The maximum atomic E-state index is 13.4. The molecule has 1 aliphatic carbocycles. The number of sulfonamides is 1. The second-order valence-corrected chi connectivity index (χ2v) is 15.3. The molecule has 2 aromatic carbocycles. The van der Waals surface area contributed by atoms with Gasteiger partial charge in [0.25, 0.3) is 5.91 Å². The third kappa shape index (κ3) is 6.41. The zero-order valence-corrected chi connectivity index (χ0v) is 24.8. The lowest BCUT2D eigenvalue weighted by atomic mass is 10.1. The molecule has 0 spiro atoms. The van der Waals surface area contributed by atoms with Crippen LogP contribution in [0.3, 0.4) is 0 Å². The highest BCUT2D eigenvalue weighted by Gasteiger charge is 2.63. The molecule has 2 aromatic rings. The molecule has 3 N–H and O–H groups in total. The monoisotopic (exact) mass is 576 g/mol. The lowest BCUT2D eigenvalue weighted by Gasteiger charge is -2.26. The van der Waals surface area contributed by atoms with Gasteiger partial charge in [0.2, 0.25) is 10.0 Å². The minimum atomic E-state index is -3.61. The van der Waals surface area contributed by atoms with Crippen molar-refractivity contribution in [3.8, 4) is 0 Å². The number of anilines is 3. The molecule has 1 unspecified atom stereocenters. The molecule has 0 aromatic heterocycles. The molecule has 2 fully saturated rings. The first-order valence-corrected chi connectivity index (χ1v) is 17.0. The molecular weight excluding hydrogens is 536 g/mol. The van der Waals surface area contributed by atoms with Crippen molar-refractivity contribution < 1.29 is 21.6 Å². The number of amides is 1. The summed E-state index contributed by atoms with van der Waals surface area (Å²) in [4.78, 5) is 15.8. The Morgan fingerprint density at radius 3 is 2.23 bits per heavy atom. The van der Waals surface area contributed by atoms with Crippen LogP contribution in [0.25, 0.3) is 0 Å². The quantitative estimate of drug-likeness (QED) is 0.367. The van der Waals surface area contributed by atoms with Gasteiger partial charge in [-0.2, -0.15) is 0 Å². The first-order chi connectivity index (χ1) is 18.3. The van der Waals surface area contributed by atoms with E-state index >= 15 is 0 Å². The van der Waals surface area contributed by atoms with E-state index in [0.29, 0.717) is 23.9 Å². The summed E-state index contributed by atoms with van der Waals surface area (Å²) in [5.41, 5.74) is 7.87. The smallest absolute Gasteiger partial charge is 0.257 e. The number of fused-ring (bicyclic) bond motifs is 1. The summed E-state index contributed by atoms with van der Waals surface area (Å²) in [6.07, 6.45) is 5.82. The Kier molecular flexibility index (Phi) is 8.35. The number of rotatable bonds is 12. The van der Waals surface area contributed by atoms with Gasteiger partial charge in [-0.1, -0.05) is 32.6 Å². The Hall–Kier alpha value is -2.63. The predicted molar refractivity (Wildman–Crippen MR) is 157 cm³/mol. The molecule has 1 heterocycles. The number of carbonyl (C=O) groups is 1. The number of benzene rings is 2. The molecule has 1 amide bonds. The summed E-state index contributed by atoms with van der Waals surface area (Å²) in [5.74, 6) is 0.415. The van der Waals surface area contributed by atoms with Gasteiger partial charge in [0.05, 0.1) is 28.2 Å². The molecule has 11 heteroatoms. The molecule has 1 saturated heterocycles. The number of carbonyl (C=O) groups excluding carboxylic acids is 1. The largest absolute Gasteiger partial charge is 0.371 e. The molecule has 214 valence electrons. The molecule has 0 radical (unpaired) electrons. The van der Waals surface area contributed by atoms with Crippen molar-refractivity contribution >= 4 is 42.8 Å². The van der Waals surface area contributed by atoms with E-state index < -0.39 is 25.8 Å². The minimum absolute atomic E-state index is 0.0952. The van der Waals surface area contributed by atoms with Crippen LogP contribution in [0.5, 0.6) is 0 Å². The minimum Gasteiger partial charge on any atom is -0.371 e. The van der Waals surface area contributed by atoms with Gasteiger partial charge in [-0.25, -0.2) is 16.8 Å². The van der Waals surface area contributed by atoms with Crippen LogP contribution in [-0.4, -0.2) is 60.4 Å². The average Bonchev–Trinajstić information content (AvgIpc) is 3.20. The first kappa shape index (κ1) is 29.4. The van der Waals surface area contributed by atoms with Gasteiger partial charge in [-0.05, 0) is 55.8 Å². The molecule has 3 atom stereocenters. The second-order valence-electron chi connectivity index (χ2n) is 11.1. The number of nitrogens with zero attached hydrogens (tertiary/aromatic N) is 2. The number of hydrogen-bond donors (Lipinski definition) is 2. The summed E-state index contributed by atoms with van der Waals surface area (Å²) in [6.45, 7) is 5.75. The third-order valence-corrected chi connectivity index (χ3v) is 11.2. The van der Waals surface area contributed by atoms with Crippen LogP contribution in [0.1, 0.15) is 56.3 Å². The van der Waals surface area contributed by atoms with Gasteiger partial charge in [0.1, 0.15) is 0 Å². The Balaban J connectivity index is 1.51. The Bertz CT molecular complexity index is 1410. The van der Waals surface area contributed by atoms with Gasteiger partial charge in [-0.15, -0.1) is 0 Å². The van der Waals surface area contributed by atoms with Crippen LogP contribution in [0.4, 0.5) is 17.1 Å². The summed E-state index contributed by atoms with van der Waals surface area (Å²) in [5, 5.41) is 2.80. The standard InChI is InChI=1S/C28H40N4O5S2/c1-5-6-7-8-9-16-39(36,37)22-13-10-20(11-14-22)30-27(33)23-17-21(12-15-26(23)31(3)38(4,34)35)32-18-24-25(19-32)28(24,2)29/h10-15,17,24-25H,5-9,16,18-19,29H2,1-4H3,(H,30,33)/t24-,25+,28?. The molecule has 9 nitrogen and oxygen atoms in total. The number of nitrogens with one attached hydrogen (secondary N) is 1. The van der Waals surface area contributed by atoms with E-state index in [0.717, 1.165) is 55.0 Å². The van der Waals surface area contributed by atoms with Gasteiger partial charge >= 0.3 is 0 Å². The maximum Gasteiger partial charge on any atom is 0.257 e.